The molecule has 0 unspecified atom stereocenters. The Morgan fingerprint density at radius 3 is 2.63 bits per heavy atom. The van der Waals surface area contributed by atoms with Crippen LogP contribution in [0.2, 0.25) is 0 Å². The quantitative estimate of drug-likeness (QED) is 0.469. The van der Waals surface area contributed by atoms with Gasteiger partial charge in [0.1, 0.15) is 0 Å². The van der Waals surface area contributed by atoms with Gasteiger partial charge in [0.05, 0.1) is 16.6 Å². The fraction of sp³-hybridized carbons (Fsp3) is 0. The Morgan fingerprint density at radius 2 is 2.05 bits per heavy atom. The molecule has 0 atom stereocenters. The summed E-state index contributed by atoms with van der Waals surface area (Å²) >= 11 is 2.03. The van der Waals surface area contributed by atoms with Crippen molar-refractivity contribution in [1.82, 2.24) is 9.97 Å². The number of nitro benzene ring substituents is 1. The summed E-state index contributed by atoms with van der Waals surface area (Å²) in [6.07, 6.45) is 3.05. The van der Waals surface area contributed by atoms with Gasteiger partial charge in [-0.15, -0.1) is 0 Å². The average molecular weight is 368 g/mol. The van der Waals surface area contributed by atoms with Crippen molar-refractivity contribution >= 4 is 28.3 Å². The van der Waals surface area contributed by atoms with Gasteiger partial charge in [0.15, 0.2) is 0 Å². The largest absolute Gasteiger partial charge is 0.417 e. The first kappa shape index (κ1) is 13.2. The molecule has 0 aliphatic carbocycles. The molecule has 1 aromatic heterocycles. The first-order valence-electron chi connectivity index (χ1n) is 4.94. The zero-order valence-electron chi connectivity index (χ0n) is 9.28. The molecule has 1 aromatic carbocycles. The molecule has 2 aromatic rings. The summed E-state index contributed by atoms with van der Waals surface area (Å²) in [5, 5.41) is 19.6. The first-order valence-corrected chi connectivity index (χ1v) is 6.02. The molecule has 1 heterocycles. The van der Waals surface area contributed by atoms with E-state index >= 15 is 0 Å². The van der Waals surface area contributed by atoms with E-state index in [9.17, 15) is 10.1 Å². The Bertz CT molecular complexity index is 667. The van der Waals surface area contributed by atoms with Gasteiger partial charge in [0.25, 0.3) is 0 Å². The number of benzene rings is 1. The van der Waals surface area contributed by atoms with Crippen molar-refractivity contribution in [3.05, 3.63) is 49.8 Å². The van der Waals surface area contributed by atoms with E-state index < -0.39 is 4.92 Å². The Labute approximate surface area is 121 Å². The summed E-state index contributed by atoms with van der Waals surface area (Å²) in [6, 6.07) is 5.75. The lowest BCUT2D eigenvalue weighted by atomic mass is 10.2. The number of hydrogen-bond donors (Lipinski definition) is 0. The molecule has 2 rings (SSSR count). The molecular formula is C11H5IN4O3. The minimum absolute atomic E-state index is 0.00761. The van der Waals surface area contributed by atoms with Gasteiger partial charge in [0, 0.05) is 22.0 Å². The smallest absolute Gasteiger partial charge is 0.322 e. The van der Waals surface area contributed by atoms with Crippen LogP contribution in [0, 0.1) is 25.0 Å². The molecule has 19 heavy (non-hydrogen) atoms. The second-order valence-corrected chi connectivity index (χ2v) is 4.58. The van der Waals surface area contributed by atoms with Crippen LogP contribution in [0.15, 0.2) is 30.6 Å². The van der Waals surface area contributed by atoms with Crippen LogP contribution in [-0.2, 0) is 0 Å². The molecule has 0 aliphatic heterocycles. The lowest BCUT2D eigenvalue weighted by Crippen LogP contribution is -1.97. The summed E-state index contributed by atoms with van der Waals surface area (Å²) in [5.41, 5.74) is -0.122. The predicted octanol–water partition coefficient (Wildman–Crippen LogP) is 2.65. The third-order valence-electron chi connectivity index (χ3n) is 2.08. The van der Waals surface area contributed by atoms with Crippen LogP contribution in [0.25, 0.3) is 0 Å². The monoisotopic (exact) mass is 368 g/mol. The topological polar surface area (TPSA) is 102 Å². The summed E-state index contributed by atoms with van der Waals surface area (Å²) in [5.74, 6) is -0.00907. The summed E-state index contributed by atoms with van der Waals surface area (Å²) in [4.78, 5) is 18.1. The van der Waals surface area contributed by atoms with Crippen molar-refractivity contribution in [1.29, 1.82) is 5.26 Å². The highest BCUT2D eigenvalue weighted by atomic mass is 127. The van der Waals surface area contributed by atoms with Gasteiger partial charge < -0.3 is 4.74 Å². The molecule has 7 nitrogen and oxygen atoms in total. The fourth-order valence-corrected chi connectivity index (χ4v) is 1.55. The highest BCUT2D eigenvalue weighted by Gasteiger charge is 2.17. The highest BCUT2D eigenvalue weighted by molar-refractivity contribution is 14.1. The summed E-state index contributed by atoms with van der Waals surface area (Å²) in [7, 11) is 0. The van der Waals surface area contributed by atoms with Gasteiger partial charge in [-0.3, -0.25) is 10.1 Å². The van der Waals surface area contributed by atoms with Gasteiger partial charge in [-0.1, -0.05) is 0 Å². The van der Waals surface area contributed by atoms with Crippen molar-refractivity contribution in [3.8, 4) is 17.8 Å². The molecule has 0 radical (unpaired) electrons. The molecule has 0 saturated heterocycles. The molecular weight excluding hydrogens is 363 g/mol. The zero-order chi connectivity index (χ0) is 13.8. The average Bonchev–Trinajstić information content (AvgIpc) is 2.41. The van der Waals surface area contributed by atoms with Gasteiger partial charge in [-0.25, -0.2) is 9.97 Å². The van der Waals surface area contributed by atoms with Crippen LogP contribution < -0.4 is 4.74 Å². The molecule has 0 spiro atoms. The van der Waals surface area contributed by atoms with E-state index in [2.05, 4.69) is 9.97 Å². The number of nitrogens with zero attached hydrogens (tertiary/aromatic N) is 4. The lowest BCUT2D eigenvalue weighted by molar-refractivity contribution is -0.385. The van der Waals surface area contributed by atoms with Crippen LogP contribution in [0.5, 0.6) is 11.8 Å². The number of rotatable bonds is 3. The van der Waals surface area contributed by atoms with Crippen molar-refractivity contribution < 1.29 is 9.66 Å². The van der Waals surface area contributed by atoms with E-state index in [4.69, 9.17) is 10.00 Å². The third-order valence-corrected chi connectivity index (χ3v) is 2.64. The van der Waals surface area contributed by atoms with E-state index in [0.717, 1.165) is 9.64 Å². The van der Waals surface area contributed by atoms with Crippen LogP contribution >= 0.6 is 22.6 Å². The zero-order valence-corrected chi connectivity index (χ0v) is 11.4. The molecule has 0 bridgehead atoms. The minimum atomic E-state index is -0.622. The van der Waals surface area contributed by atoms with E-state index in [0.29, 0.717) is 0 Å². The molecule has 94 valence electrons. The SMILES string of the molecule is N#Cc1ccc(Oc2ncc(I)cn2)c([N+](=O)[O-])c1. The molecule has 0 aliphatic rings. The first-order chi connectivity index (χ1) is 9.10. The minimum Gasteiger partial charge on any atom is -0.417 e. The third kappa shape index (κ3) is 3.14. The van der Waals surface area contributed by atoms with Crippen molar-refractivity contribution in [2.24, 2.45) is 0 Å². The van der Waals surface area contributed by atoms with Crippen LogP contribution in [0.3, 0.4) is 0 Å². The second kappa shape index (κ2) is 5.57. The Balaban J connectivity index is 2.37. The number of aromatic nitrogens is 2. The Hall–Kier alpha value is -2.28. The number of halogens is 1. The maximum absolute atomic E-state index is 10.9. The lowest BCUT2D eigenvalue weighted by Gasteiger charge is -2.04. The van der Waals surface area contributed by atoms with E-state index in [1.165, 1.54) is 24.5 Å². The van der Waals surface area contributed by atoms with Gasteiger partial charge in [0.2, 0.25) is 5.75 Å². The Morgan fingerprint density at radius 1 is 1.37 bits per heavy atom. The predicted molar refractivity (Wildman–Crippen MR) is 72.6 cm³/mol. The number of nitriles is 1. The molecule has 0 fully saturated rings. The van der Waals surface area contributed by atoms with Crippen molar-refractivity contribution in [2.75, 3.05) is 0 Å². The second-order valence-electron chi connectivity index (χ2n) is 3.34. The summed E-state index contributed by atoms with van der Waals surface area (Å²) < 4.78 is 6.07. The van der Waals surface area contributed by atoms with Crippen LogP contribution in [-0.4, -0.2) is 14.9 Å². The highest BCUT2D eigenvalue weighted by Crippen LogP contribution is 2.30. The maximum atomic E-state index is 10.9. The van der Waals surface area contributed by atoms with E-state index in [1.54, 1.807) is 0 Å². The number of ether oxygens (including phenoxy) is 1. The van der Waals surface area contributed by atoms with Gasteiger partial charge in [-0.2, -0.15) is 5.26 Å². The molecule has 8 heteroatoms. The Kier molecular flexibility index (Phi) is 3.86. The fourth-order valence-electron chi connectivity index (χ4n) is 1.27. The summed E-state index contributed by atoms with van der Waals surface area (Å²) in [6.45, 7) is 0. The van der Waals surface area contributed by atoms with Gasteiger partial charge >= 0.3 is 11.7 Å². The number of hydrogen-bond acceptors (Lipinski definition) is 6. The van der Waals surface area contributed by atoms with E-state index in [1.807, 2.05) is 28.7 Å². The number of nitro groups is 1. The molecule has 0 saturated carbocycles. The van der Waals surface area contributed by atoms with Crippen LogP contribution in [0.4, 0.5) is 5.69 Å². The standard InChI is InChI=1S/C11H5IN4O3/c12-8-5-14-11(15-6-8)19-10-2-1-7(4-13)3-9(10)16(17)18/h1-3,5-6H. The van der Waals surface area contributed by atoms with Crippen LogP contribution in [0.1, 0.15) is 5.56 Å². The van der Waals surface area contributed by atoms with E-state index in [-0.39, 0.29) is 23.0 Å². The van der Waals surface area contributed by atoms with Crippen molar-refractivity contribution in [2.45, 2.75) is 0 Å². The molecule has 0 N–H and O–H groups in total. The van der Waals surface area contributed by atoms with Gasteiger partial charge in [-0.05, 0) is 34.7 Å². The normalized spacial score (nSPS) is 9.68. The van der Waals surface area contributed by atoms with Crippen molar-refractivity contribution in [3.63, 3.8) is 0 Å². The molecule has 0 amide bonds. The maximum Gasteiger partial charge on any atom is 0.322 e.